The molecule has 2 rings (SSSR count). The van der Waals surface area contributed by atoms with E-state index in [1.165, 1.54) is 19.3 Å². The predicted octanol–water partition coefficient (Wildman–Crippen LogP) is 2.21. The molecule has 0 radical (unpaired) electrons. The average Bonchev–Trinajstić information content (AvgIpc) is 2.38. The summed E-state index contributed by atoms with van der Waals surface area (Å²) < 4.78 is 1.88. The molecule has 90 valence electrons. The van der Waals surface area contributed by atoms with Crippen molar-refractivity contribution in [2.45, 2.75) is 51.6 Å². The Morgan fingerprint density at radius 2 is 2.25 bits per heavy atom. The smallest absolute Gasteiger partial charge is 0.0677 e. The molecule has 1 saturated carbocycles. The molecule has 1 unspecified atom stereocenters. The van der Waals surface area contributed by atoms with E-state index in [1.807, 2.05) is 25.6 Å². The van der Waals surface area contributed by atoms with E-state index in [0.717, 1.165) is 23.7 Å². The molecular formula is C13H22N2O. The van der Waals surface area contributed by atoms with Crippen LogP contribution in [0.4, 0.5) is 0 Å². The van der Waals surface area contributed by atoms with Crippen molar-refractivity contribution in [3.8, 4) is 0 Å². The van der Waals surface area contributed by atoms with E-state index < -0.39 is 5.60 Å². The Balaban J connectivity index is 1.98. The third kappa shape index (κ3) is 2.64. The van der Waals surface area contributed by atoms with Gasteiger partial charge >= 0.3 is 0 Å². The van der Waals surface area contributed by atoms with E-state index >= 15 is 0 Å². The van der Waals surface area contributed by atoms with E-state index in [9.17, 15) is 5.11 Å². The number of aryl methyl sites for hydroxylation is 2. The number of hydrogen-bond donors (Lipinski definition) is 1. The van der Waals surface area contributed by atoms with Crippen LogP contribution in [0.15, 0.2) is 6.07 Å². The molecule has 1 N–H and O–H groups in total. The molecule has 1 fully saturated rings. The monoisotopic (exact) mass is 222 g/mol. The maximum Gasteiger partial charge on any atom is 0.0677 e. The fraction of sp³-hybridized carbons (Fsp3) is 0.769. The molecule has 1 aromatic rings. The third-order valence-corrected chi connectivity index (χ3v) is 3.61. The summed E-state index contributed by atoms with van der Waals surface area (Å²) in [6.45, 7) is 3.94. The van der Waals surface area contributed by atoms with Gasteiger partial charge in [-0.3, -0.25) is 4.68 Å². The Labute approximate surface area is 97.5 Å². The van der Waals surface area contributed by atoms with Gasteiger partial charge in [-0.1, -0.05) is 19.3 Å². The second-order valence-corrected chi connectivity index (χ2v) is 5.58. The molecule has 3 nitrogen and oxygen atoms in total. The minimum Gasteiger partial charge on any atom is -0.390 e. The Bertz CT molecular complexity index is 364. The van der Waals surface area contributed by atoms with Gasteiger partial charge < -0.3 is 5.11 Å². The lowest BCUT2D eigenvalue weighted by molar-refractivity contribution is 0.0189. The summed E-state index contributed by atoms with van der Waals surface area (Å²) in [5.41, 5.74) is 1.57. The summed E-state index contributed by atoms with van der Waals surface area (Å²) in [6, 6.07) is 2.06. The molecule has 0 saturated heterocycles. The van der Waals surface area contributed by atoms with Crippen LogP contribution in [0, 0.1) is 12.8 Å². The van der Waals surface area contributed by atoms with E-state index in [4.69, 9.17) is 0 Å². The number of rotatable bonds is 4. The van der Waals surface area contributed by atoms with Gasteiger partial charge in [-0.15, -0.1) is 0 Å². The largest absolute Gasteiger partial charge is 0.390 e. The standard InChI is InChI=1S/C13H22N2O/c1-10-7-12(15(3)14-10)9-13(2,16)8-11-5-4-6-11/h7,11,16H,4-6,8-9H2,1-3H3. The molecule has 1 heterocycles. The summed E-state index contributed by atoms with van der Waals surface area (Å²) >= 11 is 0. The molecule has 3 heteroatoms. The van der Waals surface area contributed by atoms with E-state index in [0.29, 0.717) is 6.42 Å². The van der Waals surface area contributed by atoms with Crippen molar-refractivity contribution >= 4 is 0 Å². The topological polar surface area (TPSA) is 38.0 Å². The van der Waals surface area contributed by atoms with Gasteiger partial charge in [0.05, 0.1) is 11.3 Å². The molecule has 1 aliphatic rings. The summed E-state index contributed by atoms with van der Waals surface area (Å²) in [6.07, 6.45) is 5.56. The zero-order valence-corrected chi connectivity index (χ0v) is 10.5. The van der Waals surface area contributed by atoms with Crippen LogP contribution in [0.5, 0.6) is 0 Å². The second-order valence-electron chi connectivity index (χ2n) is 5.58. The fourth-order valence-corrected chi connectivity index (χ4v) is 2.61. The molecule has 0 aromatic carbocycles. The van der Waals surface area contributed by atoms with Crippen molar-refractivity contribution in [3.05, 3.63) is 17.5 Å². The Morgan fingerprint density at radius 1 is 1.56 bits per heavy atom. The first-order chi connectivity index (χ1) is 7.46. The van der Waals surface area contributed by atoms with Crippen LogP contribution in [-0.4, -0.2) is 20.5 Å². The normalized spacial score (nSPS) is 20.5. The van der Waals surface area contributed by atoms with Gasteiger partial charge in [-0.2, -0.15) is 5.10 Å². The van der Waals surface area contributed by atoms with Crippen molar-refractivity contribution < 1.29 is 5.11 Å². The van der Waals surface area contributed by atoms with Crippen LogP contribution in [-0.2, 0) is 13.5 Å². The van der Waals surface area contributed by atoms with Crippen LogP contribution in [0.2, 0.25) is 0 Å². The molecule has 1 atom stereocenters. The minimum atomic E-state index is -0.578. The molecule has 1 aromatic heterocycles. The molecule has 0 aliphatic heterocycles. The first-order valence-corrected chi connectivity index (χ1v) is 6.18. The lowest BCUT2D eigenvalue weighted by Crippen LogP contribution is -2.33. The maximum atomic E-state index is 10.4. The van der Waals surface area contributed by atoms with Crippen LogP contribution < -0.4 is 0 Å². The zero-order chi connectivity index (χ0) is 11.8. The lowest BCUT2D eigenvalue weighted by atomic mass is 9.76. The van der Waals surface area contributed by atoms with E-state index in [-0.39, 0.29) is 0 Å². The van der Waals surface area contributed by atoms with Crippen molar-refractivity contribution in [3.63, 3.8) is 0 Å². The van der Waals surface area contributed by atoms with Crippen molar-refractivity contribution in [1.29, 1.82) is 0 Å². The molecule has 0 spiro atoms. The van der Waals surface area contributed by atoms with Gasteiger partial charge in [-0.25, -0.2) is 0 Å². The van der Waals surface area contributed by atoms with Gasteiger partial charge in [0.15, 0.2) is 0 Å². The molecule has 1 aliphatic carbocycles. The van der Waals surface area contributed by atoms with Gasteiger partial charge in [0, 0.05) is 19.2 Å². The summed E-state index contributed by atoms with van der Waals surface area (Å²) in [7, 11) is 1.95. The molecule has 0 bridgehead atoms. The minimum absolute atomic E-state index is 0.578. The quantitative estimate of drug-likeness (QED) is 0.848. The Kier molecular flexibility index (Phi) is 3.06. The predicted molar refractivity (Wildman–Crippen MR) is 64.2 cm³/mol. The van der Waals surface area contributed by atoms with Crippen LogP contribution in [0.25, 0.3) is 0 Å². The average molecular weight is 222 g/mol. The number of hydrogen-bond acceptors (Lipinski definition) is 2. The lowest BCUT2D eigenvalue weighted by Gasteiger charge is -2.33. The van der Waals surface area contributed by atoms with Crippen molar-refractivity contribution in [2.75, 3.05) is 0 Å². The molecular weight excluding hydrogens is 200 g/mol. The summed E-state index contributed by atoms with van der Waals surface area (Å²) in [5.74, 6) is 0.740. The second kappa shape index (κ2) is 4.21. The fourth-order valence-electron chi connectivity index (χ4n) is 2.61. The van der Waals surface area contributed by atoms with E-state index in [2.05, 4.69) is 11.2 Å². The summed E-state index contributed by atoms with van der Waals surface area (Å²) in [4.78, 5) is 0. The van der Waals surface area contributed by atoms with Gasteiger partial charge in [0.1, 0.15) is 0 Å². The number of aromatic nitrogens is 2. The van der Waals surface area contributed by atoms with Crippen LogP contribution in [0.1, 0.15) is 44.0 Å². The van der Waals surface area contributed by atoms with Gasteiger partial charge in [0.25, 0.3) is 0 Å². The SMILES string of the molecule is Cc1cc(CC(C)(O)CC2CCC2)n(C)n1. The third-order valence-electron chi connectivity index (χ3n) is 3.61. The van der Waals surface area contributed by atoms with Crippen molar-refractivity contribution in [2.24, 2.45) is 13.0 Å². The first-order valence-electron chi connectivity index (χ1n) is 6.18. The van der Waals surface area contributed by atoms with E-state index in [1.54, 1.807) is 0 Å². The van der Waals surface area contributed by atoms with Crippen LogP contribution >= 0.6 is 0 Å². The number of aliphatic hydroxyl groups is 1. The van der Waals surface area contributed by atoms with Crippen molar-refractivity contribution in [1.82, 2.24) is 9.78 Å². The highest BCUT2D eigenvalue weighted by atomic mass is 16.3. The Hall–Kier alpha value is -0.830. The molecule has 0 amide bonds. The van der Waals surface area contributed by atoms with Gasteiger partial charge in [-0.05, 0) is 32.3 Å². The highest BCUT2D eigenvalue weighted by molar-refractivity contribution is 5.11. The maximum absolute atomic E-state index is 10.4. The zero-order valence-electron chi connectivity index (χ0n) is 10.5. The molecule has 16 heavy (non-hydrogen) atoms. The Morgan fingerprint density at radius 3 is 2.69 bits per heavy atom. The highest BCUT2D eigenvalue weighted by Crippen LogP contribution is 2.34. The van der Waals surface area contributed by atoms with Gasteiger partial charge in [0.2, 0.25) is 0 Å². The summed E-state index contributed by atoms with van der Waals surface area (Å²) in [5, 5.41) is 14.7. The van der Waals surface area contributed by atoms with Crippen LogP contribution in [0.3, 0.4) is 0 Å². The number of nitrogens with zero attached hydrogens (tertiary/aromatic N) is 2. The first kappa shape index (κ1) is 11.6. The highest BCUT2D eigenvalue weighted by Gasteiger charge is 2.29.